The van der Waals surface area contributed by atoms with E-state index in [-0.39, 0.29) is 24.7 Å². The molecule has 0 saturated heterocycles. The average Bonchev–Trinajstić information content (AvgIpc) is 3.27. The van der Waals surface area contributed by atoms with Crippen molar-refractivity contribution < 1.29 is 18.8 Å². The number of carbonyl (C=O) groups is 3. The lowest BCUT2D eigenvalue weighted by Gasteiger charge is -2.20. The molecule has 3 aromatic rings. The number of imide groups is 1. The molecule has 0 saturated carbocycles. The highest BCUT2D eigenvalue weighted by Gasteiger charge is 2.35. The summed E-state index contributed by atoms with van der Waals surface area (Å²) in [6.45, 7) is -0.0329. The van der Waals surface area contributed by atoms with Crippen LogP contribution in [0.25, 0.3) is 0 Å². The molecule has 0 spiro atoms. The number of aryl methyl sites for hydroxylation is 1. The standard InChI is InChI=1S/C22H19FN4O3/c1-26-13-11-24-20(26)19(14-6-8-15(23)9-7-14)25-18(28)10-12-27-21(29)16-4-2-3-5-17(16)22(27)30/h2-9,11,13,19H,10,12H2,1H3,(H,25,28)/t19-/m1/s1. The smallest absolute Gasteiger partial charge is 0.261 e. The van der Waals surface area contributed by atoms with Crippen LogP contribution in [0, 0.1) is 5.82 Å². The molecule has 0 aliphatic carbocycles. The van der Waals surface area contributed by atoms with Gasteiger partial charge in [0.25, 0.3) is 11.8 Å². The summed E-state index contributed by atoms with van der Waals surface area (Å²) in [5.41, 5.74) is 1.36. The molecule has 1 N–H and O–H groups in total. The van der Waals surface area contributed by atoms with Gasteiger partial charge in [0.1, 0.15) is 17.7 Å². The Kier molecular flexibility index (Phi) is 5.14. The van der Waals surface area contributed by atoms with Gasteiger partial charge in [-0.1, -0.05) is 24.3 Å². The predicted molar refractivity (Wildman–Crippen MR) is 106 cm³/mol. The van der Waals surface area contributed by atoms with Crippen LogP contribution in [0.5, 0.6) is 0 Å². The van der Waals surface area contributed by atoms with Gasteiger partial charge in [-0.05, 0) is 29.8 Å². The second kappa shape index (κ2) is 7.90. The summed E-state index contributed by atoms with van der Waals surface area (Å²) < 4.78 is 15.1. The molecule has 1 aliphatic rings. The number of aromatic nitrogens is 2. The molecule has 30 heavy (non-hydrogen) atoms. The van der Waals surface area contributed by atoms with Gasteiger partial charge < -0.3 is 9.88 Å². The Hall–Kier alpha value is -3.81. The zero-order valence-corrected chi connectivity index (χ0v) is 16.2. The van der Waals surface area contributed by atoms with Gasteiger partial charge in [-0.3, -0.25) is 19.3 Å². The molecule has 0 unspecified atom stereocenters. The Bertz CT molecular complexity index is 1090. The van der Waals surface area contributed by atoms with Crippen molar-refractivity contribution in [1.82, 2.24) is 19.8 Å². The lowest BCUT2D eigenvalue weighted by atomic mass is 10.1. The summed E-state index contributed by atoms with van der Waals surface area (Å²) in [7, 11) is 1.80. The van der Waals surface area contributed by atoms with Crippen molar-refractivity contribution in [2.45, 2.75) is 12.5 Å². The highest BCUT2D eigenvalue weighted by molar-refractivity contribution is 6.21. The van der Waals surface area contributed by atoms with Crippen molar-refractivity contribution in [2.75, 3.05) is 6.54 Å². The molecular formula is C22H19FN4O3. The SMILES string of the molecule is Cn1ccnc1[C@H](NC(=O)CCN1C(=O)c2ccccc2C1=O)c1ccc(F)cc1. The minimum Gasteiger partial charge on any atom is -0.342 e. The Morgan fingerprint density at radius 3 is 2.27 bits per heavy atom. The number of nitrogens with one attached hydrogen (secondary N) is 1. The van der Waals surface area contributed by atoms with E-state index < -0.39 is 17.9 Å². The quantitative estimate of drug-likeness (QED) is 0.638. The maximum Gasteiger partial charge on any atom is 0.261 e. The van der Waals surface area contributed by atoms with Gasteiger partial charge in [-0.2, -0.15) is 0 Å². The maximum absolute atomic E-state index is 13.3. The molecule has 1 aromatic heterocycles. The summed E-state index contributed by atoms with van der Waals surface area (Å²) in [5.74, 6) is -0.959. The zero-order chi connectivity index (χ0) is 21.3. The number of benzene rings is 2. The largest absolute Gasteiger partial charge is 0.342 e. The van der Waals surface area contributed by atoms with Gasteiger partial charge in [0.2, 0.25) is 5.91 Å². The fourth-order valence-corrected chi connectivity index (χ4v) is 3.50. The van der Waals surface area contributed by atoms with Gasteiger partial charge in [0, 0.05) is 32.4 Å². The highest BCUT2D eigenvalue weighted by atomic mass is 19.1. The Labute approximate surface area is 172 Å². The number of hydrogen-bond acceptors (Lipinski definition) is 4. The molecule has 1 atom stereocenters. The summed E-state index contributed by atoms with van der Waals surface area (Å²) in [6.07, 6.45) is 3.29. The Morgan fingerprint density at radius 1 is 1.07 bits per heavy atom. The van der Waals surface area contributed by atoms with Crippen LogP contribution in [0.3, 0.4) is 0 Å². The molecule has 8 heteroatoms. The van der Waals surface area contributed by atoms with E-state index in [1.807, 2.05) is 0 Å². The van der Waals surface area contributed by atoms with E-state index in [4.69, 9.17) is 0 Å². The number of carbonyl (C=O) groups excluding carboxylic acids is 3. The predicted octanol–water partition coefficient (Wildman–Crippen LogP) is 2.45. The third-order valence-electron chi connectivity index (χ3n) is 5.07. The van der Waals surface area contributed by atoms with Crippen molar-refractivity contribution in [1.29, 1.82) is 0 Å². The first kappa shape index (κ1) is 19.5. The van der Waals surface area contributed by atoms with Gasteiger partial charge >= 0.3 is 0 Å². The number of nitrogens with zero attached hydrogens (tertiary/aromatic N) is 3. The highest BCUT2D eigenvalue weighted by Crippen LogP contribution is 2.23. The third kappa shape index (κ3) is 3.59. The van der Waals surface area contributed by atoms with Crippen LogP contribution in [-0.2, 0) is 11.8 Å². The van der Waals surface area contributed by atoms with E-state index in [1.165, 1.54) is 12.1 Å². The van der Waals surface area contributed by atoms with E-state index in [0.29, 0.717) is 22.5 Å². The minimum atomic E-state index is -0.597. The molecule has 0 bridgehead atoms. The fourth-order valence-electron chi connectivity index (χ4n) is 3.50. The number of rotatable bonds is 6. The second-order valence-electron chi connectivity index (χ2n) is 7.01. The fraction of sp³-hybridized carbons (Fsp3) is 0.182. The molecule has 3 amide bonds. The summed E-state index contributed by atoms with van der Waals surface area (Å²) >= 11 is 0. The number of fused-ring (bicyclic) bond motifs is 1. The number of imidazole rings is 1. The second-order valence-corrected chi connectivity index (χ2v) is 7.01. The lowest BCUT2D eigenvalue weighted by Crippen LogP contribution is -2.36. The summed E-state index contributed by atoms with van der Waals surface area (Å²) in [6, 6.07) is 11.8. The summed E-state index contributed by atoms with van der Waals surface area (Å²) in [5, 5.41) is 2.88. The lowest BCUT2D eigenvalue weighted by molar-refractivity contribution is -0.121. The summed E-state index contributed by atoms with van der Waals surface area (Å²) in [4.78, 5) is 42.9. The maximum atomic E-state index is 13.3. The van der Waals surface area contributed by atoms with E-state index in [2.05, 4.69) is 10.3 Å². The van der Waals surface area contributed by atoms with Gasteiger partial charge in [-0.25, -0.2) is 9.37 Å². The topological polar surface area (TPSA) is 84.3 Å². The Balaban J connectivity index is 1.47. The average molecular weight is 406 g/mol. The van der Waals surface area contributed by atoms with Crippen molar-refractivity contribution >= 4 is 17.7 Å². The first-order chi connectivity index (χ1) is 14.5. The van der Waals surface area contributed by atoms with Gasteiger partial charge in [0.05, 0.1) is 11.1 Å². The van der Waals surface area contributed by atoms with Crippen LogP contribution in [0.15, 0.2) is 60.9 Å². The third-order valence-corrected chi connectivity index (χ3v) is 5.07. The number of halogens is 1. The molecule has 0 fully saturated rings. The van der Waals surface area contributed by atoms with Crippen molar-refractivity contribution in [3.05, 3.63) is 89.3 Å². The molecule has 152 valence electrons. The molecule has 1 aliphatic heterocycles. The molecule has 2 heterocycles. The van der Waals surface area contributed by atoms with Crippen LogP contribution in [0.2, 0.25) is 0 Å². The molecule has 7 nitrogen and oxygen atoms in total. The monoisotopic (exact) mass is 406 g/mol. The molecular weight excluding hydrogens is 387 g/mol. The van der Waals surface area contributed by atoms with E-state index in [0.717, 1.165) is 4.90 Å². The van der Waals surface area contributed by atoms with Crippen molar-refractivity contribution in [3.8, 4) is 0 Å². The van der Waals surface area contributed by atoms with Crippen LogP contribution in [0.4, 0.5) is 4.39 Å². The first-order valence-corrected chi connectivity index (χ1v) is 9.43. The van der Waals surface area contributed by atoms with Crippen molar-refractivity contribution in [3.63, 3.8) is 0 Å². The molecule has 4 rings (SSSR count). The normalized spacial score (nSPS) is 14.0. The van der Waals surface area contributed by atoms with Gasteiger partial charge in [-0.15, -0.1) is 0 Å². The van der Waals surface area contributed by atoms with Crippen LogP contribution >= 0.6 is 0 Å². The van der Waals surface area contributed by atoms with Crippen molar-refractivity contribution in [2.24, 2.45) is 7.05 Å². The first-order valence-electron chi connectivity index (χ1n) is 9.43. The Morgan fingerprint density at radius 2 is 1.70 bits per heavy atom. The van der Waals surface area contributed by atoms with E-state index in [9.17, 15) is 18.8 Å². The van der Waals surface area contributed by atoms with Gasteiger partial charge in [0.15, 0.2) is 0 Å². The van der Waals surface area contributed by atoms with E-state index >= 15 is 0 Å². The van der Waals surface area contributed by atoms with Crippen LogP contribution < -0.4 is 5.32 Å². The zero-order valence-electron chi connectivity index (χ0n) is 16.2. The minimum absolute atomic E-state index is 0.0329. The van der Waals surface area contributed by atoms with E-state index in [1.54, 1.807) is 60.4 Å². The van der Waals surface area contributed by atoms with Crippen LogP contribution in [-0.4, -0.2) is 38.7 Å². The molecule has 2 aromatic carbocycles. The molecule has 0 radical (unpaired) electrons. The number of amides is 3. The number of hydrogen-bond donors (Lipinski definition) is 1. The van der Waals surface area contributed by atoms with Crippen LogP contribution in [0.1, 0.15) is 44.6 Å².